The number of nitrogens with zero attached hydrogens (tertiary/aromatic N) is 6. The van der Waals surface area contributed by atoms with Crippen LogP contribution in [0.15, 0.2) is 109 Å². The number of ether oxygens (including phenoxy) is 8. The summed E-state index contributed by atoms with van der Waals surface area (Å²) < 4.78 is 48.8. The summed E-state index contributed by atoms with van der Waals surface area (Å²) in [6.45, 7) is 20.8. The number of hydrogen-bond donors (Lipinski definition) is 12. The number of rotatable bonds is 40. The number of aromatic hydroxyl groups is 2. The molecule has 9 rings (SSSR count). The molecule has 6 aromatic carbocycles. The van der Waals surface area contributed by atoms with Crippen LogP contribution in [0.4, 0.5) is 56.7 Å². The lowest BCUT2D eigenvalue weighted by Gasteiger charge is -2.24. The highest BCUT2D eigenvalue weighted by atomic mass is 16.6. The number of aromatic nitrogens is 6. The fourth-order valence-corrected chi connectivity index (χ4v) is 13.4. The standard InChI is InChI=1S/C88H116N16O16/c1-13-39-115-71-55-23-21-24-56(71)46-60-50-64(94-82-100-80(90)102-84(104-82)98-68(28-18-20-38-92-86(112)120-88(8,9)10)76(108)96-70(78(110)114-12)44-54-31-35-66(106)36-32-54)52-62(74(60)118-42-16-4)48-58-26-22-25-57(72(58)116-40-14-2)47-61-51-63(49-59(45-55)73(61)117-41-15-3)93-81-99-79(89)101-83(103-81)97-67(27-17-19-37-91-85(111)119-87(5,6)7)75(107)95-69(77(109)113-11)43-53-29-33-65(105)34-30-53/h21-26,29-36,49-52,67-70,105-106H,13-20,27-28,37-48H2,1-12H3,(H,91,111)(H,92,112)(H,95,107)(H,96,108)(H4,89,93,97,99,101,103)(H4,90,94,98,100,102,104)/t67-,68-,69-,70-/m0/s1. The Morgan fingerprint density at radius 2 is 0.725 bits per heavy atom. The smallest absolute Gasteiger partial charge is 0.407 e. The first-order valence-electron chi connectivity index (χ1n) is 40.9. The maximum absolute atomic E-state index is 14.6. The van der Waals surface area contributed by atoms with Gasteiger partial charge in [0.2, 0.25) is 47.5 Å². The minimum absolute atomic E-state index is 0.0285. The third-order valence-corrected chi connectivity index (χ3v) is 18.8. The second kappa shape index (κ2) is 44.2. The van der Waals surface area contributed by atoms with Crippen molar-refractivity contribution in [2.45, 2.75) is 207 Å². The fraction of sp³-hybridized carbons (Fsp3) is 0.455. The highest BCUT2D eigenvalue weighted by Gasteiger charge is 2.32. The van der Waals surface area contributed by atoms with Crippen LogP contribution in [-0.4, -0.2) is 165 Å². The lowest BCUT2D eigenvalue weighted by molar-refractivity contribution is -0.145. The molecule has 0 spiro atoms. The molecule has 8 aromatic rings. The van der Waals surface area contributed by atoms with Gasteiger partial charge in [0.1, 0.15) is 69.9 Å². The summed E-state index contributed by atoms with van der Waals surface area (Å²) in [5, 5.41) is 44.5. The van der Waals surface area contributed by atoms with Crippen LogP contribution < -0.4 is 72.9 Å². The molecular formula is C88H116N16O16. The summed E-state index contributed by atoms with van der Waals surface area (Å²) >= 11 is 0. The molecule has 4 atom stereocenters. The van der Waals surface area contributed by atoms with Gasteiger partial charge in [-0.1, -0.05) is 88.4 Å². The van der Waals surface area contributed by atoms with Crippen LogP contribution in [0.25, 0.3) is 0 Å². The van der Waals surface area contributed by atoms with Gasteiger partial charge in [-0.2, -0.15) is 29.9 Å². The molecule has 120 heavy (non-hydrogen) atoms. The normalized spacial score (nSPS) is 12.8. The van der Waals surface area contributed by atoms with E-state index in [1.165, 1.54) is 38.5 Å². The van der Waals surface area contributed by atoms with Crippen LogP contribution in [0.1, 0.15) is 189 Å². The van der Waals surface area contributed by atoms with E-state index in [4.69, 9.17) is 59.3 Å². The van der Waals surface area contributed by atoms with Crippen LogP contribution >= 0.6 is 0 Å². The molecule has 644 valence electrons. The van der Waals surface area contributed by atoms with E-state index in [0.29, 0.717) is 149 Å². The molecule has 0 aliphatic heterocycles. The van der Waals surface area contributed by atoms with Gasteiger partial charge < -0.3 is 102 Å². The van der Waals surface area contributed by atoms with Gasteiger partial charge in [0.15, 0.2) is 0 Å². The molecule has 32 nitrogen and oxygen atoms in total. The quantitative estimate of drug-likeness (QED) is 0.00964. The Labute approximate surface area is 700 Å². The first-order chi connectivity index (χ1) is 57.5. The molecule has 4 amide bonds. The molecule has 14 N–H and O–H groups in total. The molecule has 0 unspecified atom stereocenters. The van der Waals surface area contributed by atoms with Crippen LogP contribution in [0.2, 0.25) is 0 Å². The van der Waals surface area contributed by atoms with E-state index in [1.54, 1.807) is 65.8 Å². The zero-order chi connectivity index (χ0) is 86.5. The molecule has 1 aliphatic carbocycles. The number of amides is 4. The van der Waals surface area contributed by atoms with Gasteiger partial charge in [0.25, 0.3) is 0 Å². The van der Waals surface area contributed by atoms with E-state index < -0.39 is 71.3 Å². The topological polar surface area (TPSA) is 442 Å². The Morgan fingerprint density at radius 1 is 0.417 bits per heavy atom. The van der Waals surface area contributed by atoms with Crippen molar-refractivity contribution in [1.82, 2.24) is 51.2 Å². The number of phenolic OH excluding ortho intramolecular Hbond substituents is 2. The second-order valence-electron chi connectivity index (χ2n) is 31.2. The first kappa shape index (κ1) is 91.3. The van der Waals surface area contributed by atoms with Crippen LogP contribution in [0.3, 0.4) is 0 Å². The van der Waals surface area contributed by atoms with Gasteiger partial charge in [-0.05, 0) is 188 Å². The molecule has 0 saturated carbocycles. The Hall–Kier alpha value is -12.6. The van der Waals surface area contributed by atoms with Crippen LogP contribution in [0, 0.1) is 0 Å². The Morgan fingerprint density at radius 3 is 1.02 bits per heavy atom. The van der Waals surface area contributed by atoms with Crippen molar-refractivity contribution in [2.75, 3.05) is 86.5 Å². The minimum atomic E-state index is -1.14. The number of alkyl carbamates (subject to hydrolysis) is 2. The summed E-state index contributed by atoms with van der Waals surface area (Å²) in [6.07, 6.45) is 4.92. The molecule has 0 radical (unpaired) electrons. The Bertz CT molecular complexity index is 4380. The van der Waals surface area contributed by atoms with Crippen LogP contribution in [0.5, 0.6) is 34.5 Å². The summed E-state index contributed by atoms with van der Waals surface area (Å²) in [5.74, 6) is -0.304. The minimum Gasteiger partial charge on any atom is -0.508 e. The second-order valence-corrected chi connectivity index (χ2v) is 31.2. The van der Waals surface area contributed by atoms with Gasteiger partial charge in [-0.15, -0.1) is 0 Å². The summed E-state index contributed by atoms with van der Waals surface area (Å²) in [6, 6.07) is 28.2. The van der Waals surface area contributed by atoms with Crippen molar-refractivity contribution in [2.24, 2.45) is 0 Å². The molecule has 0 fully saturated rings. The summed E-state index contributed by atoms with van der Waals surface area (Å²) in [5.41, 5.74) is 20.6. The van der Waals surface area contributed by atoms with Crippen molar-refractivity contribution in [3.63, 3.8) is 0 Å². The number of nitrogens with two attached hydrogens (primary N) is 2. The number of methoxy groups -OCH3 is 2. The van der Waals surface area contributed by atoms with E-state index in [-0.39, 0.29) is 86.0 Å². The summed E-state index contributed by atoms with van der Waals surface area (Å²) in [7, 11) is 2.46. The van der Waals surface area contributed by atoms with Crippen molar-refractivity contribution >= 4 is 83.0 Å². The number of nitrogens with one attached hydrogen (secondary N) is 8. The number of para-hydroxylation sites is 2. The van der Waals surface area contributed by atoms with Gasteiger partial charge in [-0.3, -0.25) is 9.59 Å². The molecule has 1 aliphatic rings. The number of benzene rings is 6. The zero-order valence-corrected chi connectivity index (χ0v) is 70.7. The number of unbranched alkanes of at least 4 members (excludes halogenated alkanes) is 2. The lowest BCUT2D eigenvalue weighted by atomic mass is 9.90. The monoisotopic (exact) mass is 1650 g/mol. The predicted molar refractivity (Wildman–Crippen MR) is 458 cm³/mol. The molecule has 2 aromatic heterocycles. The van der Waals surface area contributed by atoms with E-state index >= 15 is 0 Å². The zero-order valence-electron chi connectivity index (χ0n) is 70.7. The van der Waals surface area contributed by atoms with Gasteiger partial charge in [0, 0.05) is 85.2 Å². The van der Waals surface area contributed by atoms with E-state index in [1.807, 2.05) is 74.5 Å². The van der Waals surface area contributed by atoms with Crippen molar-refractivity contribution in [3.8, 4) is 34.5 Å². The highest BCUT2D eigenvalue weighted by Crippen LogP contribution is 2.42. The third kappa shape index (κ3) is 28.3. The first-order valence-corrected chi connectivity index (χ1v) is 40.9. The molecule has 32 heteroatoms. The van der Waals surface area contributed by atoms with Crippen molar-refractivity contribution in [3.05, 3.63) is 165 Å². The average molecular weight is 1650 g/mol. The number of esters is 2. The van der Waals surface area contributed by atoms with E-state index in [9.17, 15) is 39.0 Å². The number of fused-ring (bicyclic) bond motifs is 8. The largest absolute Gasteiger partial charge is 0.508 e. The van der Waals surface area contributed by atoms with Crippen molar-refractivity contribution < 1.29 is 76.9 Å². The van der Waals surface area contributed by atoms with Gasteiger partial charge in [-0.25, -0.2) is 19.2 Å². The average Bonchev–Trinajstić information content (AvgIpc) is 0.776. The van der Waals surface area contributed by atoms with Crippen LogP contribution in [-0.2, 0) is 76.7 Å². The van der Waals surface area contributed by atoms with Crippen molar-refractivity contribution in [1.29, 1.82) is 0 Å². The fourth-order valence-electron chi connectivity index (χ4n) is 13.4. The molecular weight excluding hydrogens is 1540 g/mol. The van der Waals surface area contributed by atoms with E-state index in [2.05, 4.69) is 76.3 Å². The summed E-state index contributed by atoms with van der Waals surface area (Å²) in [4.78, 5) is 109. The van der Waals surface area contributed by atoms with E-state index in [0.717, 1.165) is 44.5 Å². The number of phenols is 2. The number of carbonyl (C=O) groups is 6. The SMILES string of the molecule is CCCOc1c2cccc1Cc1cc(Nc3nc(N)nc(N[C@@H](CCCCNC(=O)OC(C)(C)C)C(=O)N[C@@H](Cc4ccc(O)cc4)C(=O)OC)n3)cc(c1OCCC)Cc1cccc(c1OCCC)Cc1cc(Nc3nc(N)nc(N[C@@H](CCCCNC(=O)OC(C)(C)C)C(=O)N[C@@H](Cc4ccc(O)cc4)C(=O)OC)n3)cc(c1OCCC)C2. The number of nitrogen functional groups attached to an aromatic ring is 2. The van der Waals surface area contributed by atoms with Gasteiger partial charge >= 0.3 is 24.1 Å². The lowest BCUT2D eigenvalue weighted by Crippen LogP contribution is -2.49. The molecule has 0 saturated heterocycles. The number of hydrogen-bond acceptors (Lipinski definition) is 28. The molecule has 2 heterocycles. The Balaban J connectivity index is 1.09. The maximum Gasteiger partial charge on any atom is 0.407 e. The number of carbonyl (C=O) groups excluding carboxylic acids is 6. The molecule has 8 bridgehead atoms. The third-order valence-electron chi connectivity index (χ3n) is 18.8. The predicted octanol–water partition coefficient (Wildman–Crippen LogP) is 12.7. The Kier molecular flexibility index (Phi) is 33.6. The number of anilines is 8. The van der Waals surface area contributed by atoms with Gasteiger partial charge in [0.05, 0.1) is 40.6 Å². The maximum atomic E-state index is 14.6. The highest BCUT2D eigenvalue weighted by molar-refractivity contribution is 5.90.